The third-order valence-corrected chi connectivity index (χ3v) is 8.07. The van der Waals surface area contributed by atoms with Crippen LogP contribution in [0.15, 0.2) is 67.1 Å². The molecule has 7 rings (SSSR count). The second kappa shape index (κ2) is 8.74. The summed E-state index contributed by atoms with van der Waals surface area (Å²) in [5.74, 6) is 0.250. The van der Waals surface area contributed by atoms with Crippen molar-refractivity contribution in [2.45, 2.75) is 19.8 Å². The van der Waals surface area contributed by atoms with Crippen LogP contribution >= 0.6 is 11.3 Å². The van der Waals surface area contributed by atoms with Gasteiger partial charge in [0.05, 0.1) is 28.0 Å². The second-order valence-corrected chi connectivity index (χ2v) is 10.7. The highest BCUT2D eigenvalue weighted by atomic mass is 32.1. The monoisotopic (exact) mass is 518 g/mol. The summed E-state index contributed by atoms with van der Waals surface area (Å²) in [5.41, 5.74) is 6.89. The molecule has 1 saturated carbocycles. The molecule has 0 saturated heterocycles. The first kappa shape index (κ1) is 22.6. The van der Waals surface area contributed by atoms with Crippen molar-refractivity contribution in [3.05, 3.63) is 72.0 Å². The van der Waals surface area contributed by atoms with Gasteiger partial charge in [-0.05, 0) is 67.8 Å². The molecule has 0 radical (unpaired) electrons. The fourth-order valence-electron chi connectivity index (χ4n) is 4.70. The van der Waals surface area contributed by atoms with Crippen LogP contribution in [-0.4, -0.2) is 36.8 Å². The number of H-pyrrole nitrogens is 2. The number of aromatic amines is 2. The number of pyridine rings is 2. The fraction of sp³-hybridized carbons (Fsp3) is 0.138. The molecule has 0 spiro atoms. The average molecular weight is 519 g/mol. The normalized spacial score (nSPS) is 13.3. The van der Waals surface area contributed by atoms with Crippen molar-refractivity contribution in [3.8, 4) is 33.0 Å². The largest absolute Gasteiger partial charge is 0.338 e. The Balaban J connectivity index is 1.27. The summed E-state index contributed by atoms with van der Waals surface area (Å²) in [6.45, 7) is 1.58. The van der Waals surface area contributed by atoms with Crippen molar-refractivity contribution in [2.75, 3.05) is 5.32 Å². The molecule has 0 atom stereocenters. The highest BCUT2D eigenvalue weighted by molar-refractivity contribution is 7.17. The summed E-state index contributed by atoms with van der Waals surface area (Å²) in [4.78, 5) is 38.1. The van der Waals surface area contributed by atoms with E-state index in [1.807, 2.05) is 36.4 Å². The van der Waals surface area contributed by atoms with E-state index < -0.39 is 0 Å². The van der Waals surface area contributed by atoms with E-state index in [0.29, 0.717) is 5.69 Å². The highest BCUT2D eigenvalue weighted by Crippen LogP contribution is 2.37. The van der Waals surface area contributed by atoms with Crippen molar-refractivity contribution in [3.63, 3.8) is 0 Å². The lowest BCUT2D eigenvalue weighted by molar-refractivity contribution is -0.117. The van der Waals surface area contributed by atoms with Gasteiger partial charge in [0.1, 0.15) is 11.3 Å². The molecule has 8 nitrogen and oxygen atoms in total. The molecular weight excluding hydrogens is 496 g/mol. The Bertz CT molecular complexity index is 1880. The first-order valence-electron chi connectivity index (χ1n) is 12.4. The Morgan fingerprint density at radius 3 is 2.71 bits per heavy atom. The molecule has 1 fully saturated rings. The van der Waals surface area contributed by atoms with Crippen LogP contribution in [0.5, 0.6) is 0 Å². The number of aromatic nitrogens is 5. The van der Waals surface area contributed by atoms with Crippen molar-refractivity contribution >= 4 is 50.7 Å². The van der Waals surface area contributed by atoms with Crippen LogP contribution in [0.25, 0.3) is 54.9 Å². The highest BCUT2D eigenvalue weighted by Gasteiger charge is 2.29. The Hall–Kier alpha value is -4.63. The van der Waals surface area contributed by atoms with E-state index in [0.717, 1.165) is 72.6 Å². The molecule has 3 N–H and O–H groups in total. The van der Waals surface area contributed by atoms with Gasteiger partial charge in [0.2, 0.25) is 5.91 Å². The molecule has 0 bridgehead atoms. The minimum Gasteiger partial charge on any atom is -0.338 e. The smallest absolute Gasteiger partial charge is 0.227 e. The first-order chi connectivity index (χ1) is 18.5. The summed E-state index contributed by atoms with van der Waals surface area (Å²) in [5, 5.41) is 12.6. The van der Waals surface area contributed by atoms with Gasteiger partial charge < -0.3 is 10.3 Å². The Morgan fingerprint density at radius 2 is 1.89 bits per heavy atom. The molecule has 5 aromatic heterocycles. The lowest BCUT2D eigenvalue weighted by Crippen LogP contribution is -2.13. The molecule has 9 heteroatoms. The third kappa shape index (κ3) is 3.97. The zero-order valence-electron chi connectivity index (χ0n) is 20.4. The Kier molecular flexibility index (Phi) is 5.19. The number of fused-ring (bicyclic) bond motifs is 2. The van der Waals surface area contributed by atoms with E-state index in [2.05, 4.69) is 42.6 Å². The van der Waals surface area contributed by atoms with Gasteiger partial charge in [0.25, 0.3) is 0 Å². The van der Waals surface area contributed by atoms with Gasteiger partial charge in [-0.2, -0.15) is 5.10 Å². The van der Waals surface area contributed by atoms with E-state index in [-0.39, 0.29) is 17.6 Å². The second-order valence-electron chi connectivity index (χ2n) is 9.58. The maximum absolute atomic E-state index is 12.2. The lowest BCUT2D eigenvalue weighted by Gasteiger charge is -2.07. The predicted molar refractivity (Wildman–Crippen MR) is 149 cm³/mol. The first-order valence-corrected chi connectivity index (χ1v) is 13.2. The summed E-state index contributed by atoms with van der Waals surface area (Å²) in [7, 11) is 0. The van der Waals surface area contributed by atoms with Crippen molar-refractivity contribution in [1.82, 2.24) is 25.1 Å². The predicted octanol–water partition coefficient (Wildman–Crippen LogP) is 6.45. The summed E-state index contributed by atoms with van der Waals surface area (Å²) in [6.07, 6.45) is 7.15. The molecule has 1 aliphatic carbocycles. The summed E-state index contributed by atoms with van der Waals surface area (Å²) < 4.78 is 0. The molecule has 0 aliphatic heterocycles. The van der Waals surface area contributed by atoms with Crippen LogP contribution in [0.1, 0.15) is 29.4 Å². The number of Topliss-reactive ketones (excluding diaryl/α,β-unsaturated/α-hetero) is 1. The fourth-order valence-corrected chi connectivity index (χ4v) is 5.64. The van der Waals surface area contributed by atoms with E-state index >= 15 is 0 Å². The molecular formula is C29H22N6O2S. The van der Waals surface area contributed by atoms with Crippen molar-refractivity contribution in [2.24, 2.45) is 5.92 Å². The van der Waals surface area contributed by atoms with E-state index in [9.17, 15) is 9.59 Å². The standard InChI is InChI=1S/C29H22N6O2S/c1-15(36)25-6-7-26(38-25)20-8-9-31-28-21(20)12-24(33-28)27-22-11-17(4-5-23(22)34-35-27)18-10-19(14-30-13-18)32-29(37)16-2-3-16/h4-14,16H,2-3H2,1H3,(H,31,33)(H,32,37)(H,34,35). The number of ketones is 1. The van der Waals surface area contributed by atoms with Gasteiger partial charge in [-0.1, -0.05) is 6.07 Å². The molecule has 1 amide bonds. The molecule has 6 aromatic rings. The molecule has 1 aliphatic rings. The molecule has 1 aromatic carbocycles. The minimum atomic E-state index is 0.0587. The molecule has 186 valence electrons. The summed E-state index contributed by atoms with van der Waals surface area (Å²) in [6, 6.07) is 15.9. The quantitative estimate of drug-likeness (QED) is 0.219. The zero-order chi connectivity index (χ0) is 25.8. The van der Waals surface area contributed by atoms with Gasteiger partial charge in [0.15, 0.2) is 5.78 Å². The third-order valence-electron chi connectivity index (χ3n) is 6.86. The summed E-state index contributed by atoms with van der Waals surface area (Å²) >= 11 is 1.48. The number of hydrogen-bond acceptors (Lipinski definition) is 6. The van der Waals surface area contributed by atoms with Crippen LogP contribution < -0.4 is 5.32 Å². The van der Waals surface area contributed by atoms with Gasteiger partial charge in [-0.3, -0.25) is 19.7 Å². The van der Waals surface area contributed by atoms with Gasteiger partial charge in [0, 0.05) is 45.1 Å². The number of rotatable bonds is 6. The molecule has 38 heavy (non-hydrogen) atoms. The van der Waals surface area contributed by atoms with Gasteiger partial charge in [-0.25, -0.2) is 4.98 Å². The maximum atomic E-state index is 12.2. The number of thiophene rings is 1. The number of anilines is 1. The number of hydrogen-bond donors (Lipinski definition) is 3. The number of carbonyl (C=O) groups excluding carboxylic acids is 2. The number of benzene rings is 1. The topological polar surface area (TPSA) is 116 Å². The van der Waals surface area contributed by atoms with Crippen LogP contribution in [-0.2, 0) is 4.79 Å². The van der Waals surface area contributed by atoms with Crippen LogP contribution in [0.2, 0.25) is 0 Å². The van der Waals surface area contributed by atoms with Crippen molar-refractivity contribution in [1.29, 1.82) is 0 Å². The van der Waals surface area contributed by atoms with Gasteiger partial charge in [-0.15, -0.1) is 11.3 Å². The minimum absolute atomic E-state index is 0.0587. The van der Waals surface area contributed by atoms with E-state index in [4.69, 9.17) is 0 Å². The number of nitrogens with one attached hydrogen (secondary N) is 3. The Labute approximate surface area is 221 Å². The average Bonchev–Trinajstić information content (AvgIpc) is 3.32. The van der Waals surface area contributed by atoms with Crippen molar-refractivity contribution < 1.29 is 9.59 Å². The van der Waals surface area contributed by atoms with E-state index in [1.165, 1.54) is 11.3 Å². The van der Waals surface area contributed by atoms with Crippen LogP contribution in [0, 0.1) is 5.92 Å². The maximum Gasteiger partial charge on any atom is 0.227 e. The number of carbonyl (C=O) groups is 2. The lowest BCUT2D eigenvalue weighted by atomic mass is 10.0. The van der Waals surface area contributed by atoms with E-state index in [1.54, 1.807) is 25.5 Å². The number of nitrogens with zero attached hydrogens (tertiary/aromatic N) is 3. The zero-order valence-corrected chi connectivity index (χ0v) is 21.2. The van der Waals surface area contributed by atoms with Gasteiger partial charge >= 0.3 is 0 Å². The Morgan fingerprint density at radius 1 is 1.00 bits per heavy atom. The van der Waals surface area contributed by atoms with Crippen LogP contribution in [0.4, 0.5) is 5.69 Å². The molecule has 5 heterocycles. The number of amides is 1. The van der Waals surface area contributed by atoms with Crippen LogP contribution in [0.3, 0.4) is 0 Å². The molecule has 0 unspecified atom stereocenters. The SMILES string of the molecule is CC(=O)c1ccc(-c2ccnc3[nH]c(-c4n[nH]c5ccc(-c6cncc(NC(=O)C7CC7)c6)cc45)cc23)s1.